The van der Waals surface area contributed by atoms with Gasteiger partial charge in [-0.1, -0.05) is 89.4 Å². The number of hydrogen-bond acceptors (Lipinski definition) is 1. The zero-order chi connectivity index (χ0) is 13.4. The number of rotatable bonds is 5. The summed E-state index contributed by atoms with van der Waals surface area (Å²) in [6, 6.07) is 9.94. The smallest absolute Gasteiger partial charge is 0.219 e. The van der Waals surface area contributed by atoms with Gasteiger partial charge in [-0.3, -0.25) is 0 Å². The summed E-state index contributed by atoms with van der Waals surface area (Å²) in [5.74, 6) is 0. The van der Waals surface area contributed by atoms with Crippen LogP contribution >= 0.6 is 34.8 Å². The third-order valence-corrected chi connectivity index (χ3v) is 2.82. The van der Waals surface area contributed by atoms with E-state index in [0.29, 0.717) is 6.61 Å². The summed E-state index contributed by atoms with van der Waals surface area (Å²) < 4.78 is 4.05. The Bertz CT molecular complexity index is 393. The second-order valence-corrected chi connectivity index (χ2v) is 6.00. The molecule has 0 aliphatic heterocycles. The fourth-order valence-electron chi connectivity index (χ4n) is 1.34. The summed E-state index contributed by atoms with van der Waals surface area (Å²) >= 11 is 17.4. The molecule has 1 atom stereocenters. The Labute approximate surface area is 123 Å². The fourth-order valence-corrected chi connectivity index (χ4v) is 1.75. The maximum atomic E-state index is 5.80. The molecule has 0 aliphatic carbocycles. The van der Waals surface area contributed by atoms with E-state index in [4.69, 9.17) is 39.5 Å². The third-order valence-electron chi connectivity index (χ3n) is 2.17. The van der Waals surface area contributed by atoms with Gasteiger partial charge in [0.05, 0.1) is 6.61 Å². The van der Waals surface area contributed by atoms with Gasteiger partial charge in [0, 0.05) is 0 Å². The van der Waals surface area contributed by atoms with E-state index in [1.807, 2.05) is 49.4 Å². The van der Waals surface area contributed by atoms with Crippen molar-refractivity contribution < 1.29 is 4.74 Å². The van der Waals surface area contributed by atoms with Crippen molar-refractivity contribution in [1.82, 2.24) is 0 Å². The van der Waals surface area contributed by atoms with E-state index < -0.39 is 9.90 Å². The predicted octanol–water partition coefficient (Wildman–Crippen LogP) is 5.03. The van der Waals surface area contributed by atoms with E-state index in [9.17, 15) is 0 Å². The highest BCUT2D eigenvalue weighted by molar-refractivity contribution is 6.68. The van der Waals surface area contributed by atoms with Gasteiger partial charge < -0.3 is 4.74 Å². The van der Waals surface area contributed by atoms with E-state index in [0.717, 1.165) is 5.56 Å². The molecular weight excluding hydrogens is 291 g/mol. The first-order valence-electron chi connectivity index (χ1n) is 5.56. The second-order valence-electron chi connectivity index (χ2n) is 3.63. The van der Waals surface area contributed by atoms with E-state index in [1.54, 1.807) is 12.2 Å². The highest BCUT2D eigenvalue weighted by Crippen LogP contribution is 2.33. The monoisotopic (exact) mass is 304 g/mol. The van der Waals surface area contributed by atoms with Crippen molar-refractivity contribution in [2.24, 2.45) is 0 Å². The molecule has 0 fully saturated rings. The molecule has 0 aromatic heterocycles. The molecular formula is C14H15Cl3O. The molecule has 0 aliphatic rings. The lowest BCUT2D eigenvalue weighted by atomic mass is 10.2. The van der Waals surface area contributed by atoms with E-state index in [1.165, 1.54) is 0 Å². The van der Waals surface area contributed by atoms with Gasteiger partial charge in [-0.25, -0.2) is 0 Å². The Morgan fingerprint density at radius 1 is 1.22 bits per heavy atom. The van der Waals surface area contributed by atoms with Gasteiger partial charge in [-0.05, 0) is 12.5 Å². The first-order valence-corrected chi connectivity index (χ1v) is 6.70. The van der Waals surface area contributed by atoms with Crippen molar-refractivity contribution in [3.05, 3.63) is 54.1 Å². The maximum absolute atomic E-state index is 5.80. The Hall–Kier alpha value is -0.470. The molecule has 1 aromatic carbocycles. The molecule has 1 unspecified atom stereocenters. The van der Waals surface area contributed by atoms with Crippen LogP contribution in [0.5, 0.6) is 0 Å². The minimum Gasteiger partial charge on any atom is -0.366 e. The zero-order valence-corrected chi connectivity index (χ0v) is 12.3. The van der Waals surface area contributed by atoms with Gasteiger partial charge in [-0.2, -0.15) is 0 Å². The molecule has 0 saturated carbocycles. The van der Waals surface area contributed by atoms with Crippen LogP contribution in [-0.4, -0.2) is 16.5 Å². The van der Waals surface area contributed by atoms with Crippen molar-refractivity contribution in [1.29, 1.82) is 0 Å². The summed E-state index contributed by atoms with van der Waals surface area (Å²) in [6.07, 6.45) is 6.83. The van der Waals surface area contributed by atoms with E-state index in [2.05, 4.69) is 0 Å². The molecule has 0 spiro atoms. The molecule has 1 aromatic rings. The summed E-state index contributed by atoms with van der Waals surface area (Å²) in [7, 11) is 0. The quantitative estimate of drug-likeness (QED) is 0.547. The number of alkyl halides is 3. The molecule has 0 bridgehead atoms. The Kier molecular flexibility index (Phi) is 6.80. The molecule has 0 saturated heterocycles. The van der Waals surface area contributed by atoms with Crippen LogP contribution < -0.4 is 0 Å². The van der Waals surface area contributed by atoms with Gasteiger partial charge in [0.1, 0.15) is 6.10 Å². The van der Waals surface area contributed by atoms with E-state index in [-0.39, 0.29) is 0 Å². The summed E-state index contributed by atoms with van der Waals surface area (Å²) in [6.45, 7) is 2.24. The first-order chi connectivity index (χ1) is 8.54. The van der Waals surface area contributed by atoms with Crippen LogP contribution in [-0.2, 0) is 4.74 Å². The summed E-state index contributed by atoms with van der Waals surface area (Å²) in [5.41, 5.74) is 1.11. The maximum Gasteiger partial charge on any atom is 0.219 e. The minimum absolute atomic E-state index is 0.387. The van der Waals surface area contributed by atoms with Gasteiger partial charge in [-0.15, -0.1) is 0 Å². The largest absolute Gasteiger partial charge is 0.366 e. The highest BCUT2D eigenvalue weighted by atomic mass is 35.6. The van der Waals surface area contributed by atoms with Crippen molar-refractivity contribution in [2.75, 3.05) is 6.61 Å². The molecule has 1 nitrogen and oxygen atoms in total. The summed E-state index contributed by atoms with van der Waals surface area (Å²) in [4.78, 5) is 0. The van der Waals surface area contributed by atoms with E-state index >= 15 is 0 Å². The third kappa shape index (κ3) is 5.92. The highest BCUT2D eigenvalue weighted by Gasteiger charge is 2.30. The van der Waals surface area contributed by atoms with Crippen LogP contribution in [0.4, 0.5) is 0 Å². The first kappa shape index (κ1) is 15.6. The molecule has 98 valence electrons. The van der Waals surface area contributed by atoms with Gasteiger partial charge >= 0.3 is 0 Å². The topological polar surface area (TPSA) is 9.23 Å². The van der Waals surface area contributed by atoms with Crippen LogP contribution in [0.25, 0.3) is 6.08 Å². The lowest BCUT2D eigenvalue weighted by molar-refractivity contribution is 0.112. The molecule has 0 amide bonds. The van der Waals surface area contributed by atoms with Gasteiger partial charge in [0.2, 0.25) is 3.79 Å². The normalized spacial score (nSPS) is 14.4. The average molecular weight is 306 g/mol. The Morgan fingerprint density at radius 3 is 2.44 bits per heavy atom. The number of allylic oxidation sites excluding steroid dienone is 1. The van der Waals surface area contributed by atoms with Crippen molar-refractivity contribution in [3.63, 3.8) is 0 Å². The minimum atomic E-state index is -1.45. The molecule has 0 heterocycles. The van der Waals surface area contributed by atoms with Crippen LogP contribution in [0, 0.1) is 0 Å². The average Bonchev–Trinajstić information content (AvgIpc) is 2.33. The Balaban J connectivity index is 2.47. The van der Waals surface area contributed by atoms with Crippen molar-refractivity contribution >= 4 is 40.9 Å². The number of benzene rings is 1. The molecule has 4 heteroatoms. The summed E-state index contributed by atoms with van der Waals surface area (Å²) in [5, 5.41) is 0. The fraction of sp³-hybridized carbons (Fsp3) is 0.286. The van der Waals surface area contributed by atoms with Crippen LogP contribution in [0.3, 0.4) is 0 Å². The molecule has 1 rings (SSSR count). The van der Waals surface area contributed by atoms with Crippen LogP contribution in [0.2, 0.25) is 0 Å². The zero-order valence-electron chi connectivity index (χ0n) is 10.0. The van der Waals surface area contributed by atoms with Gasteiger partial charge in [0.25, 0.3) is 0 Å². The van der Waals surface area contributed by atoms with Crippen molar-refractivity contribution in [2.45, 2.75) is 16.8 Å². The SMILES string of the molecule is C/C=C/C(OC/C=C/c1ccccc1)C(Cl)(Cl)Cl. The second kappa shape index (κ2) is 7.85. The number of halogens is 3. The number of ether oxygens (including phenoxy) is 1. The lowest BCUT2D eigenvalue weighted by Crippen LogP contribution is -2.26. The standard InChI is InChI=1S/C14H15Cl3O/c1-2-7-13(14(15,16)17)18-11-6-10-12-8-4-3-5-9-12/h2-10,13H,11H2,1H3/b7-2+,10-6+. The van der Waals surface area contributed by atoms with Crippen LogP contribution in [0.1, 0.15) is 12.5 Å². The number of hydrogen-bond donors (Lipinski definition) is 0. The molecule has 0 N–H and O–H groups in total. The lowest BCUT2D eigenvalue weighted by Gasteiger charge is -2.20. The van der Waals surface area contributed by atoms with Crippen molar-refractivity contribution in [3.8, 4) is 0 Å². The molecule has 18 heavy (non-hydrogen) atoms. The molecule has 0 radical (unpaired) electrons. The Morgan fingerprint density at radius 2 is 1.89 bits per heavy atom. The predicted molar refractivity (Wildman–Crippen MR) is 80.3 cm³/mol. The van der Waals surface area contributed by atoms with Gasteiger partial charge in [0.15, 0.2) is 0 Å². The van der Waals surface area contributed by atoms with Crippen LogP contribution in [0.15, 0.2) is 48.6 Å².